The van der Waals surface area contributed by atoms with E-state index in [0.29, 0.717) is 11.3 Å². The molecular weight excluding hydrogens is 305 g/mol. The van der Waals surface area contributed by atoms with Gasteiger partial charge in [-0.1, -0.05) is 11.3 Å². The molecule has 3 rings (SSSR count). The van der Waals surface area contributed by atoms with E-state index < -0.39 is 11.1 Å². The second-order valence-corrected chi connectivity index (χ2v) is 4.88. The molecule has 10 heteroatoms. The molecule has 0 atom stereocenters. The Hall–Kier alpha value is -2.49. The van der Waals surface area contributed by atoms with Crippen molar-refractivity contribution in [1.29, 1.82) is 0 Å². The van der Waals surface area contributed by atoms with Gasteiger partial charge in [0.1, 0.15) is 4.88 Å². The first-order valence-electron chi connectivity index (χ1n) is 5.65. The molecule has 3 aromatic rings. The highest BCUT2D eigenvalue weighted by Gasteiger charge is 2.38. The van der Waals surface area contributed by atoms with Gasteiger partial charge in [-0.3, -0.25) is 5.10 Å². The van der Waals surface area contributed by atoms with Crippen LogP contribution in [0, 0.1) is 0 Å². The largest absolute Gasteiger partial charge is 0.427 e. The number of hydrogen-bond donors (Lipinski definition) is 2. The van der Waals surface area contributed by atoms with Crippen LogP contribution in [0.25, 0.3) is 11.3 Å². The molecule has 0 radical (unpaired) electrons. The van der Waals surface area contributed by atoms with Crippen molar-refractivity contribution >= 4 is 22.4 Å². The molecule has 0 spiro atoms. The fourth-order valence-electron chi connectivity index (χ4n) is 1.60. The lowest BCUT2D eigenvalue weighted by molar-refractivity contribution is -0.134. The number of anilines is 2. The van der Waals surface area contributed by atoms with Crippen molar-refractivity contribution in [3.8, 4) is 11.3 Å². The van der Waals surface area contributed by atoms with Gasteiger partial charge >= 0.3 is 6.18 Å². The van der Waals surface area contributed by atoms with E-state index >= 15 is 0 Å². The van der Waals surface area contributed by atoms with Gasteiger partial charge in [0, 0.05) is 24.2 Å². The molecule has 3 aromatic heterocycles. The lowest BCUT2D eigenvalue weighted by Gasteiger charge is -2.03. The maximum atomic E-state index is 13.1. The lowest BCUT2D eigenvalue weighted by atomic mass is 10.2. The van der Waals surface area contributed by atoms with Crippen molar-refractivity contribution in [1.82, 2.24) is 25.1 Å². The first-order chi connectivity index (χ1) is 10.0. The van der Waals surface area contributed by atoms with E-state index in [1.54, 1.807) is 6.07 Å². The Balaban J connectivity index is 2.00. The minimum Gasteiger partial charge on any atom is -0.300 e. The molecule has 0 saturated carbocycles. The van der Waals surface area contributed by atoms with Gasteiger partial charge in [0.25, 0.3) is 0 Å². The summed E-state index contributed by atoms with van der Waals surface area (Å²) in [6, 6.07) is 1.60. The summed E-state index contributed by atoms with van der Waals surface area (Å²) in [4.78, 5) is 10.9. The number of H-pyrrole nitrogens is 1. The quantitative estimate of drug-likeness (QED) is 0.777. The van der Waals surface area contributed by atoms with E-state index in [1.165, 1.54) is 24.8 Å². The summed E-state index contributed by atoms with van der Waals surface area (Å²) in [6.07, 6.45) is 1.09. The van der Waals surface area contributed by atoms with E-state index in [-0.39, 0.29) is 22.3 Å². The van der Waals surface area contributed by atoms with Gasteiger partial charge in [0.2, 0.25) is 5.95 Å². The highest BCUT2D eigenvalue weighted by Crippen LogP contribution is 2.42. The maximum Gasteiger partial charge on any atom is 0.427 e. The average Bonchev–Trinajstić information content (AvgIpc) is 3.07. The minimum absolute atomic E-state index is 0.0599. The number of alkyl halides is 3. The van der Waals surface area contributed by atoms with Gasteiger partial charge < -0.3 is 5.32 Å². The molecule has 6 nitrogen and oxygen atoms in total. The highest BCUT2D eigenvalue weighted by atomic mass is 32.1. The number of hydrogen-bond acceptors (Lipinski definition) is 6. The zero-order chi connectivity index (χ0) is 14.9. The number of nitrogens with one attached hydrogen (secondary N) is 2. The normalized spacial score (nSPS) is 11.6. The summed E-state index contributed by atoms with van der Waals surface area (Å²) in [5, 5.41) is 8.82. The van der Waals surface area contributed by atoms with Crippen LogP contribution in [0.5, 0.6) is 0 Å². The van der Waals surface area contributed by atoms with Crippen LogP contribution in [0.1, 0.15) is 4.88 Å². The van der Waals surface area contributed by atoms with Gasteiger partial charge in [-0.25, -0.2) is 15.0 Å². The van der Waals surface area contributed by atoms with Gasteiger partial charge in [0.05, 0.1) is 11.9 Å². The highest BCUT2D eigenvalue weighted by molar-refractivity contribution is 7.16. The molecule has 0 aliphatic heterocycles. The smallest absolute Gasteiger partial charge is 0.300 e. The molecule has 0 amide bonds. The van der Waals surface area contributed by atoms with E-state index in [0.717, 1.165) is 0 Å². The topological polar surface area (TPSA) is 79.4 Å². The van der Waals surface area contributed by atoms with E-state index in [9.17, 15) is 13.2 Å². The Kier molecular flexibility index (Phi) is 3.29. The van der Waals surface area contributed by atoms with Crippen LogP contribution >= 0.6 is 11.3 Å². The number of aromatic nitrogens is 5. The molecule has 21 heavy (non-hydrogen) atoms. The molecule has 108 valence electrons. The first-order valence-corrected chi connectivity index (χ1v) is 6.47. The summed E-state index contributed by atoms with van der Waals surface area (Å²) >= 11 is 0.491. The number of halogens is 3. The second kappa shape index (κ2) is 5.13. The molecule has 0 aliphatic carbocycles. The Bertz CT molecular complexity index is 722. The van der Waals surface area contributed by atoms with Crippen LogP contribution in [-0.2, 0) is 6.18 Å². The summed E-state index contributed by atoms with van der Waals surface area (Å²) < 4.78 is 39.2. The third-order valence-electron chi connectivity index (χ3n) is 2.44. The van der Waals surface area contributed by atoms with Crippen molar-refractivity contribution in [3.63, 3.8) is 0 Å². The fourth-order valence-corrected chi connectivity index (χ4v) is 2.45. The number of thiazole rings is 1. The Morgan fingerprint density at radius 1 is 1.19 bits per heavy atom. The monoisotopic (exact) mass is 312 g/mol. The van der Waals surface area contributed by atoms with E-state index in [4.69, 9.17) is 0 Å². The van der Waals surface area contributed by atoms with Gasteiger partial charge in [-0.15, -0.1) is 0 Å². The molecule has 0 aromatic carbocycles. The van der Waals surface area contributed by atoms with Gasteiger partial charge in [-0.2, -0.15) is 18.3 Å². The van der Waals surface area contributed by atoms with E-state index in [1.807, 2.05) is 0 Å². The predicted molar refractivity (Wildman–Crippen MR) is 70.0 cm³/mol. The molecule has 0 unspecified atom stereocenters. The Morgan fingerprint density at radius 3 is 2.57 bits per heavy atom. The van der Waals surface area contributed by atoms with Crippen LogP contribution < -0.4 is 5.32 Å². The predicted octanol–water partition coefficient (Wildman–Crippen LogP) is 3.09. The second-order valence-electron chi connectivity index (χ2n) is 3.88. The maximum absolute atomic E-state index is 13.1. The molecule has 0 bridgehead atoms. The average molecular weight is 312 g/mol. The zero-order valence-electron chi connectivity index (χ0n) is 10.2. The number of nitrogens with zero attached hydrogens (tertiary/aromatic N) is 4. The minimum atomic E-state index is -4.50. The third-order valence-corrected chi connectivity index (χ3v) is 3.46. The molecule has 3 heterocycles. The SMILES string of the molecule is FC(F)(F)c1sc(Nc2ncccn2)nc1-c1cn[nH]c1. The number of aromatic amines is 1. The Labute approximate surface area is 120 Å². The van der Waals surface area contributed by atoms with E-state index in [2.05, 4.69) is 30.5 Å². The zero-order valence-corrected chi connectivity index (χ0v) is 11.0. The number of rotatable bonds is 3. The Morgan fingerprint density at radius 2 is 1.95 bits per heavy atom. The van der Waals surface area contributed by atoms with Crippen LogP contribution in [0.3, 0.4) is 0 Å². The standard InChI is InChI=1S/C11H7F3N6S/c12-11(13,14)8-7(6-4-17-18-5-6)19-10(21-8)20-9-15-2-1-3-16-9/h1-5H,(H,17,18)(H,15,16,19,20). The van der Waals surface area contributed by atoms with Crippen LogP contribution in [0.4, 0.5) is 24.3 Å². The molecule has 0 fully saturated rings. The molecule has 0 aliphatic rings. The van der Waals surface area contributed by atoms with Crippen molar-refractivity contribution in [2.75, 3.05) is 5.32 Å². The fraction of sp³-hybridized carbons (Fsp3) is 0.0909. The van der Waals surface area contributed by atoms with Gasteiger partial charge in [0.15, 0.2) is 5.13 Å². The first kappa shape index (κ1) is 13.5. The van der Waals surface area contributed by atoms with Crippen molar-refractivity contribution in [2.45, 2.75) is 6.18 Å². The van der Waals surface area contributed by atoms with Crippen molar-refractivity contribution in [2.24, 2.45) is 0 Å². The van der Waals surface area contributed by atoms with Crippen LogP contribution in [-0.4, -0.2) is 25.1 Å². The third kappa shape index (κ3) is 2.84. The van der Waals surface area contributed by atoms with Crippen LogP contribution in [0.15, 0.2) is 30.9 Å². The summed E-state index contributed by atoms with van der Waals surface area (Å²) in [7, 11) is 0. The summed E-state index contributed by atoms with van der Waals surface area (Å²) in [5.74, 6) is 0.179. The molecule has 0 saturated heterocycles. The summed E-state index contributed by atoms with van der Waals surface area (Å²) in [6.45, 7) is 0. The molecule has 2 N–H and O–H groups in total. The van der Waals surface area contributed by atoms with Gasteiger partial charge in [-0.05, 0) is 6.07 Å². The van der Waals surface area contributed by atoms with Crippen LogP contribution in [0.2, 0.25) is 0 Å². The van der Waals surface area contributed by atoms with Crippen molar-refractivity contribution in [3.05, 3.63) is 35.7 Å². The van der Waals surface area contributed by atoms with Crippen molar-refractivity contribution < 1.29 is 13.2 Å². The lowest BCUT2D eigenvalue weighted by Crippen LogP contribution is -2.03. The molecular formula is C11H7F3N6S. The summed E-state index contributed by atoms with van der Waals surface area (Å²) in [5.41, 5.74) is 0.0836.